The van der Waals surface area contributed by atoms with E-state index in [0.29, 0.717) is 0 Å². The second-order valence-corrected chi connectivity index (χ2v) is 9.35. The minimum Gasteiger partial charge on any atom is -0.337 e. The zero-order valence-electron chi connectivity index (χ0n) is 15.4. The van der Waals surface area contributed by atoms with Gasteiger partial charge in [-0.3, -0.25) is 0 Å². The SMILES string of the molecule is Ic1cccc(-c2nc(-c3cccc4ccccc34)[nH]c2-c2cccc(I)c2)c1. The highest BCUT2D eigenvalue weighted by Crippen LogP contribution is 2.36. The van der Waals surface area contributed by atoms with Gasteiger partial charge in [-0.2, -0.15) is 0 Å². The van der Waals surface area contributed by atoms with E-state index in [0.717, 1.165) is 33.9 Å². The summed E-state index contributed by atoms with van der Waals surface area (Å²) in [5.41, 5.74) is 5.41. The molecule has 0 atom stereocenters. The van der Waals surface area contributed by atoms with Crippen LogP contribution in [-0.4, -0.2) is 9.97 Å². The number of halogens is 2. The second kappa shape index (κ2) is 7.91. The molecule has 29 heavy (non-hydrogen) atoms. The van der Waals surface area contributed by atoms with Gasteiger partial charge >= 0.3 is 0 Å². The molecule has 5 rings (SSSR count). The fourth-order valence-corrected chi connectivity index (χ4v) is 4.72. The number of rotatable bonds is 3. The van der Waals surface area contributed by atoms with Gasteiger partial charge < -0.3 is 4.98 Å². The first-order valence-electron chi connectivity index (χ1n) is 9.29. The Morgan fingerprint density at radius 1 is 0.655 bits per heavy atom. The first-order valence-corrected chi connectivity index (χ1v) is 11.4. The summed E-state index contributed by atoms with van der Waals surface area (Å²) in [7, 11) is 0. The lowest BCUT2D eigenvalue weighted by Crippen LogP contribution is -1.85. The van der Waals surface area contributed by atoms with Crippen LogP contribution in [-0.2, 0) is 0 Å². The second-order valence-electron chi connectivity index (χ2n) is 6.86. The normalized spacial score (nSPS) is 11.1. The fourth-order valence-electron chi connectivity index (χ4n) is 3.63. The van der Waals surface area contributed by atoms with Gasteiger partial charge in [0.15, 0.2) is 0 Å². The van der Waals surface area contributed by atoms with Crippen LogP contribution in [0, 0.1) is 7.14 Å². The molecule has 0 fully saturated rings. The van der Waals surface area contributed by atoms with E-state index < -0.39 is 0 Å². The van der Waals surface area contributed by atoms with Crippen molar-refractivity contribution in [2.75, 3.05) is 0 Å². The molecule has 0 amide bonds. The molecule has 0 radical (unpaired) electrons. The van der Waals surface area contributed by atoms with Gasteiger partial charge in [-0.25, -0.2) is 4.98 Å². The predicted octanol–water partition coefficient (Wildman–Crippen LogP) is 7.77. The molecule has 1 heterocycles. The topological polar surface area (TPSA) is 28.7 Å². The van der Waals surface area contributed by atoms with E-state index in [-0.39, 0.29) is 0 Å². The number of nitrogens with zero attached hydrogens (tertiary/aromatic N) is 1. The maximum atomic E-state index is 5.09. The van der Waals surface area contributed by atoms with E-state index in [9.17, 15) is 0 Å². The molecule has 1 aromatic heterocycles. The molecule has 0 aliphatic heterocycles. The highest BCUT2D eigenvalue weighted by Gasteiger charge is 2.17. The Balaban J connectivity index is 1.77. The molecule has 5 aromatic rings. The molecule has 0 aliphatic carbocycles. The van der Waals surface area contributed by atoms with E-state index >= 15 is 0 Å². The molecule has 4 heteroatoms. The summed E-state index contributed by atoms with van der Waals surface area (Å²) in [5, 5.41) is 2.42. The summed E-state index contributed by atoms with van der Waals surface area (Å²) in [6.45, 7) is 0. The van der Waals surface area contributed by atoms with Gasteiger partial charge in [0, 0.05) is 23.8 Å². The zero-order chi connectivity index (χ0) is 19.8. The minimum absolute atomic E-state index is 0.893. The Bertz CT molecular complexity index is 1270. The van der Waals surface area contributed by atoms with Crippen LogP contribution in [0.4, 0.5) is 0 Å². The largest absolute Gasteiger partial charge is 0.337 e. The molecule has 0 saturated carbocycles. The maximum Gasteiger partial charge on any atom is 0.139 e. The lowest BCUT2D eigenvalue weighted by molar-refractivity contribution is 1.32. The number of imidazole rings is 1. The lowest BCUT2D eigenvalue weighted by Gasteiger charge is -2.04. The van der Waals surface area contributed by atoms with E-state index in [1.807, 2.05) is 0 Å². The summed E-state index contributed by atoms with van der Waals surface area (Å²) in [4.78, 5) is 8.72. The van der Waals surface area contributed by atoms with Crippen molar-refractivity contribution < 1.29 is 0 Å². The summed E-state index contributed by atoms with van der Waals surface area (Å²) >= 11 is 4.71. The number of hydrogen-bond acceptors (Lipinski definition) is 1. The number of fused-ring (bicyclic) bond motifs is 1. The Hall–Kier alpha value is -2.19. The molecule has 0 unspecified atom stereocenters. The van der Waals surface area contributed by atoms with Crippen molar-refractivity contribution in [3.05, 3.63) is 98.1 Å². The molecule has 0 bridgehead atoms. The van der Waals surface area contributed by atoms with Crippen LogP contribution in [0.3, 0.4) is 0 Å². The molecule has 2 nitrogen and oxygen atoms in total. The van der Waals surface area contributed by atoms with Crippen LogP contribution in [0.2, 0.25) is 0 Å². The summed E-state index contributed by atoms with van der Waals surface area (Å²) in [5.74, 6) is 0.893. The van der Waals surface area contributed by atoms with Crippen LogP contribution in [0.1, 0.15) is 0 Å². The van der Waals surface area contributed by atoms with Crippen molar-refractivity contribution >= 4 is 56.0 Å². The lowest BCUT2D eigenvalue weighted by atomic mass is 10.0. The quantitative estimate of drug-likeness (QED) is 0.211. The molecular formula is C25H16I2N2. The summed E-state index contributed by atoms with van der Waals surface area (Å²) < 4.78 is 2.40. The standard InChI is InChI=1S/C25H16I2N2/c26-19-10-3-8-17(14-19)23-24(18-9-4-11-20(27)15-18)29-25(28-23)22-13-5-7-16-6-1-2-12-21(16)22/h1-15H,(H,28,29). The number of H-pyrrole nitrogens is 1. The Kier molecular flexibility index (Phi) is 5.13. The van der Waals surface area contributed by atoms with Crippen molar-refractivity contribution in [2.45, 2.75) is 0 Å². The van der Waals surface area contributed by atoms with Crippen LogP contribution >= 0.6 is 45.2 Å². The number of benzene rings is 4. The average molecular weight is 598 g/mol. The molecule has 0 spiro atoms. The van der Waals surface area contributed by atoms with E-state index in [1.54, 1.807) is 0 Å². The van der Waals surface area contributed by atoms with Crippen molar-refractivity contribution in [3.63, 3.8) is 0 Å². The van der Waals surface area contributed by atoms with Gasteiger partial charge in [-0.05, 0) is 80.2 Å². The Morgan fingerprint density at radius 2 is 1.31 bits per heavy atom. The van der Waals surface area contributed by atoms with Crippen molar-refractivity contribution in [3.8, 4) is 33.9 Å². The van der Waals surface area contributed by atoms with Gasteiger partial charge in [0.1, 0.15) is 5.82 Å². The monoisotopic (exact) mass is 598 g/mol. The zero-order valence-corrected chi connectivity index (χ0v) is 19.7. The molecule has 1 N–H and O–H groups in total. The van der Waals surface area contributed by atoms with Gasteiger partial charge in [0.25, 0.3) is 0 Å². The van der Waals surface area contributed by atoms with Crippen molar-refractivity contribution in [1.29, 1.82) is 0 Å². The third-order valence-electron chi connectivity index (χ3n) is 4.96. The predicted molar refractivity (Wildman–Crippen MR) is 138 cm³/mol. The van der Waals surface area contributed by atoms with Crippen LogP contribution < -0.4 is 0 Å². The fraction of sp³-hybridized carbons (Fsp3) is 0. The number of aromatic nitrogens is 2. The molecular weight excluding hydrogens is 582 g/mol. The Labute approximate surface area is 196 Å². The van der Waals surface area contributed by atoms with Crippen molar-refractivity contribution in [1.82, 2.24) is 9.97 Å². The smallest absolute Gasteiger partial charge is 0.139 e. The van der Waals surface area contributed by atoms with Gasteiger partial charge in [0.2, 0.25) is 0 Å². The third-order valence-corrected chi connectivity index (χ3v) is 6.30. The van der Waals surface area contributed by atoms with Gasteiger partial charge in [-0.1, -0.05) is 66.7 Å². The minimum atomic E-state index is 0.893. The van der Waals surface area contributed by atoms with E-state index in [1.165, 1.54) is 17.9 Å². The highest BCUT2D eigenvalue weighted by molar-refractivity contribution is 14.1. The van der Waals surface area contributed by atoms with E-state index in [2.05, 4.69) is 141 Å². The van der Waals surface area contributed by atoms with Crippen molar-refractivity contribution in [2.24, 2.45) is 0 Å². The van der Waals surface area contributed by atoms with Gasteiger partial charge in [0.05, 0.1) is 11.4 Å². The highest BCUT2D eigenvalue weighted by atomic mass is 127. The van der Waals surface area contributed by atoms with Crippen LogP contribution in [0.15, 0.2) is 91.0 Å². The maximum absolute atomic E-state index is 5.09. The number of nitrogens with one attached hydrogen (secondary N) is 1. The number of aromatic amines is 1. The molecule has 4 aromatic carbocycles. The third kappa shape index (κ3) is 3.71. The van der Waals surface area contributed by atoms with E-state index in [4.69, 9.17) is 4.98 Å². The van der Waals surface area contributed by atoms with Crippen LogP contribution in [0.25, 0.3) is 44.7 Å². The average Bonchev–Trinajstić information content (AvgIpc) is 3.19. The molecule has 0 aliphatic rings. The first-order chi connectivity index (χ1) is 14.2. The summed E-state index contributed by atoms with van der Waals surface area (Å²) in [6.07, 6.45) is 0. The number of hydrogen-bond donors (Lipinski definition) is 1. The molecule has 0 saturated heterocycles. The molecule has 140 valence electrons. The Morgan fingerprint density at radius 3 is 2.10 bits per heavy atom. The first kappa shape index (κ1) is 18.8. The van der Waals surface area contributed by atoms with Gasteiger partial charge in [-0.15, -0.1) is 0 Å². The summed E-state index contributed by atoms with van der Waals surface area (Å²) in [6, 6.07) is 31.9. The van der Waals surface area contributed by atoms with Crippen LogP contribution in [0.5, 0.6) is 0 Å².